The van der Waals surface area contributed by atoms with Gasteiger partial charge < -0.3 is 0 Å². The Hall–Kier alpha value is -0.440. The zero-order valence-electron chi connectivity index (χ0n) is 10.6. The van der Waals surface area contributed by atoms with Crippen molar-refractivity contribution >= 4 is 38.5 Å². The molecule has 0 fully saturated rings. The average molecular weight is 435 g/mol. The molecule has 0 radical (unpaired) electrons. The van der Waals surface area contributed by atoms with Crippen molar-refractivity contribution in [3.63, 3.8) is 0 Å². The number of aryl methyl sites for hydroxylation is 1. The lowest BCUT2D eigenvalue weighted by atomic mass is 10.0. The summed E-state index contributed by atoms with van der Waals surface area (Å²) in [4.78, 5) is 0. The maximum atomic E-state index is 5.71. The Balaban J connectivity index is 2.22. The van der Waals surface area contributed by atoms with Gasteiger partial charge in [0.15, 0.2) is 0 Å². The van der Waals surface area contributed by atoms with Crippen LogP contribution in [0.1, 0.15) is 24.1 Å². The quantitative estimate of drug-likeness (QED) is 0.432. The summed E-state index contributed by atoms with van der Waals surface area (Å²) < 4.78 is 4.19. The average Bonchev–Trinajstić information content (AvgIpc) is 2.87. The highest BCUT2D eigenvalue weighted by atomic mass is 127. The number of hydrogen-bond donors (Lipinski definition) is 2. The third-order valence-electron chi connectivity index (χ3n) is 2.99. The van der Waals surface area contributed by atoms with E-state index in [2.05, 4.69) is 80.4 Å². The summed E-state index contributed by atoms with van der Waals surface area (Å²) in [6.45, 7) is 2.96. The van der Waals surface area contributed by atoms with Gasteiger partial charge in [-0.1, -0.05) is 15.9 Å². The molecule has 0 bridgehead atoms. The Labute approximate surface area is 135 Å². The van der Waals surface area contributed by atoms with Gasteiger partial charge in [-0.05, 0) is 65.3 Å². The fourth-order valence-corrected chi connectivity index (χ4v) is 3.00. The molecule has 3 N–H and O–H groups in total. The van der Waals surface area contributed by atoms with Crippen LogP contribution in [0, 0.1) is 3.57 Å². The van der Waals surface area contributed by atoms with Gasteiger partial charge >= 0.3 is 0 Å². The highest BCUT2D eigenvalue weighted by molar-refractivity contribution is 14.1. The topological polar surface area (TPSA) is 55.9 Å². The highest BCUT2D eigenvalue weighted by Crippen LogP contribution is 2.27. The Morgan fingerprint density at radius 2 is 2.32 bits per heavy atom. The molecule has 1 heterocycles. The lowest BCUT2D eigenvalue weighted by molar-refractivity contribution is 0.549. The Kier molecular flexibility index (Phi) is 5.37. The van der Waals surface area contributed by atoms with Crippen molar-refractivity contribution < 1.29 is 0 Å². The molecule has 2 aromatic rings. The van der Waals surface area contributed by atoms with E-state index in [1.807, 2.05) is 10.9 Å². The van der Waals surface area contributed by atoms with Gasteiger partial charge in [-0.15, -0.1) is 0 Å². The van der Waals surface area contributed by atoms with E-state index in [1.165, 1.54) is 14.7 Å². The van der Waals surface area contributed by atoms with Crippen molar-refractivity contribution in [2.75, 3.05) is 0 Å². The van der Waals surface area contributed by atoms with E-state index in [1.54, 1.807) is 0 Å². The van der Waals surface area contributed by atoms with Gasteiger partial charge in [0.25, 0.3) is 0 Å². The van der Waals surface area contributed by atoms with Crippen molar-refractivity contribution in [1.82, 2.24) is 15.2 Å². The van der Waals surface area contributed by atoms with Crippen LogP contribution in [0.3, 0.4) is 0 Å². The van der Waals surface area contributed by atoms with Crippen LogP contribution in [-0.4, -0.2) is 9.78 Å². The first-order chi connectivity index (χ1) is 9.13. The molecule has 2 rings (SSSR count). The molecule has 0 saturated carbocycles. The van der Waals surface area contributed by atoms with E-state index in [9.17, 15) is 0 Å². The first-order valence-corrected chi connectivity index (χ1v) is 7.93. The first-order valence-electron chi connectivity index (χ1n) is 6.06. The number of rotatable bonds is 5. The van der Waals surface area contributed by atoms with Crippen molar-refractivity contribution in [3.8, 4) is 0 Å². The summed E-state index contributed by atoms with van der Waals surface area (Å²) in [5.41, 5.74) is 5.23. The fraction of sp³-hybridized carbons (Fsp3) is 0.308. The molecule has 1 aromatic carbocycles. The second-order valence-corrected chi connectivity index (χ2v) is 6.39. The summed E-state index contributed by atoms with van der Waals surface area (Å²) in [5.74, 6) is 5.71. The number of nitrogens with zero attached hydrogens (tertiary/aromatic N) is 2. The number of hydrogen-bond acceptors (Lipinski definition) is 3. The summed E-state index contributed by atoms with van der Waals surface area (Å²) in [7, 11) is 0. The van der Waals surface area contributed by atoms with Gasteiger partial charge in [0.05, 0.1) is 12.2 Å². The van der Waals surface area contributed by atoms with Crippen LogP contribution in [-0.2, 0) is 13.0 Å². The minimum Gasteiger partial charge on any atom is -0.273 e. The zero-order chi connectivity index (χ0) is 13.8. The molecule has 1 unspecified atom stereocenters. The number of aromatic nitrogens is 2. The van der Waals surface area contributed by atoms with E-state index < -0.39 is 0 Å². The largest absolute Gasteiger partial charge is 0.273 e. The van der Waals surface area contributed by atoms with Crippen molar-refractivity contribution in [1.29, 1.82) is 0 Å². The molecular formula is C13H16BrIN4. The highest BCUT2D eigenvalue weighted by Gasteiger charge is 2.15. The molecule has 4 nitrogen and oxygen atoms in total. The predicted molar refractivity (Wildman–Crippen MR) is 88.5 cm³/mol. The Morgan fingerprint density at radius 3 is 2.95 bits per heavy atom. The molecule has 6 heteroatoms. The van der Waals surface area contributed by atoms with Crippen molar-refractivity contribution in [3.05, 3.63) is 49.8 Å². The number of hydrazine groups is 1. The maximum Gasteiger partial charge on any atom is 0.0522 e. The van der Waals surface area contributed by atoms with Gasteiger partial charge in [-0.25, -0.2) is 0 Å². The summed E-state index contributed by atoms with van der Waals surface area (Å²) in [5, 5.41) is 4.29. The van der Waals surface area contributed by atoms with E-state index in [0.29, 0.717) is 0 Å². The zero-order valence-corrected chi connectivity index (χ0v) is 14.3. The summed E-state index contributed by atoms with van der Waals surface area (Å²) in [6, 6.07) is 6.33. The first kappa shape index (κ1) is 15.0. The molecular weight excluding hydrogens is 419 g/mol. The van der Waals surface area contributed by atoms with E-state index in [4.69, 9.17) is 5.84 Å². The SMILES string of the molecule is CCn1cc(CC(NN)c2cc(I)ccc2Br)cn1. The predicted octanol–water partition coefficient (Wildman–Crippen LogP) is 3.02. The van der Waals surface area contributed by atoms with Gasteiger partial charge in [0.2, 0.25) is 0 Å². The molecule has 0 aliphatic heterocycles. The summed E-state index contributed by atoms with van der Waals surface area (Å²) >= 11 is 5.89. The molecule has 0 saturated heterocycles. The normalized spacial score (nSPS) is 12.6. The molecule has 0 aliphatic rings. The molecule has 1 atom stereocenters. The third-order valence-corrected chi connectivity index (χ3v) is 4.38. The smallest absolute Gasteiger partial charge is 0.0522 e. The Morgan fingerprint density at radius 1 is 1.53 bits per heavy atom. The van der Waals surface area contributed by atoms with Crippen LogP contribution < -0.4 is 11.3 Å². The molecule has 0 spiro atoms. The lowest BCUT2D eigenvalue weighted by Crippen LogP contribution is -2.29. The van der Waals surface area contributed by atoms with Crippen molar-refractivity contribution in [2.24, 2.45) is 5.84 Å². The van der Waals surface area contributed by atoms with Gasteiger partial charge in [-0.2, -0.15) is 5.10 Å². The number of halogens is 2. The second kappa shape index (κ2) is 6.83. The second-order valence-electron chi connectivity index (χ2n) is 4.29. The van der Waals surface area contributed by atoms with Crippen LogP contribution >= 0.6 is 38.5 Å². The standard InChI is InChI=1S/C13H16BrIN4/c1-2-19-8-9(7-17-19)5-13(18-16)11-6-10(15)3-4-12(11)14/h3-4,6-8,13,18H,2,5,16H2,1H3. The van der Waals surface area contributed by atoms with Gasteiger partial charge in [-0.3, -0.25) is 16.0 Å². The van der Waals surface area contributed by atoms with Gasteiger partial charge in [0, 0.05) is 20.8 Å². The molecule has 0 amide bonds. The molecule has 0 aliphatic carbocycles. The Bertz CT molecular complexity index is 555. The van der Waals surface area contributed by atoms with Crippen LogP contribution in [0.15, 0.2) is 35.1 Å². The van der Waals surface area contributed by atoms with Crippen LogP contribution in [0.2, 0.25) is 0 Å². The molecule has 1 aromatic heterocycles. The van der Waals surface area contributed by atoms with Crippen LogP contribution in [0.4, 0.5) is 0 Å². The minimum absolute atomic E-state index is 0.0681. The maximum absolute atomic E-state index is 5.71. The molecule has 102 valence electrons. The minimum atomic E-state index is 0.0681. The molecule has 19 heavy (non-hydrogen) atoms. The number of nitrogens with one attached hydrogen (secondary N) is 1. The van der Waals surface area contributed by atoms with E-state index >= 15 is 0 Å². The van der Waals surface area contributed by atoms with Crippen molar-refractivity contribution in [2.45, 2.75) is 25.9 Å². The van der Waals surface area contributed by atoms with E-state index in [0.717, 1.165) is 17.4 Å². The van der Waals surface area contributed by atoms with Crippen LogP contribution in [0.5, 0.6) is 0 Å². The van der Waals surface area contributed by atoms with Crippen LogP contribution in [0.25, 0.3) is 0 Å². The number of benzene rings is 1. The lowest BCUT2D eigenvalue weighted by Gasteiger charge is -2.17. The third kappa shape index (κ3) is 3.77. The summed E-state index contributed by atoms with van der Waals surface area (Å²) in [6.07, 6.45) is 4.77. The van der Waals surface area contributed by atoms with Gasteiger partial charge in [0.1, 0.15) is 0 Å². The fourth-order valence-electron chi connectivity index (χ4n) is 1.96. The monoisotopic (exact) mass is 434 g/mol. The number of nitrogens with two attached hydrogens (primary N) is 1. The van der Waals surface area contributed by atoms with E-state index in [-0.39, 0.29) is 6.04 Å².